The largest absolute Gasteiger partial charge is 0.481 e. The first-order valence-electron chi connectivity index (χ1n) is 22.3. The molecule has 6 aromatic rings. The number of halogens is 2. The molecule has 0 radical (unpaired) electrons. The van der Waals surface area contributed by atoms with E-state index >= 15 is 0 Å². The number of hydrogen-bond donors (Lipinski definition) is 9. The Morgan fingerprint density at radius 3 is 2.33 bits per heavy atom. The molecule has 0 spiro atoms. The minimum absolute atomic E-state index is 0.00586. The lowest BCUT2D eigenvalue weighted by atomic mass is 9.87. The predicted octanol–water partition coefficient (Wildman–Crippen LogP) is 4.45. The molecule has 1 aliphatic rings. The third kappa shape index (κ3) is 14.1. The molecule has 3 aromatic carbocycles. The molecule has 7 unspecified atom stereocenters. The number of thioether (sulfide) groups is 1. The van der Waals surface area contributed by atoms with E-state index in [0.29, 0.717) is 33.5 Å². The number of amides is 2. The Hall–Kier alpha value is -5.51. The Labute approximate surface area is 428 Å². The number of nitrogens with zero attached hydrogens (tertiary/aromatic N) is 5. The number of nitrogens with one attached hydrogen (secondary N) is 2. The molecule has 2 amide bonds. The lowest BCUT2D eigenvalue weighted by Gasteiger charge is -2.30. The summed E-state index contributed by atoms with van der Waals surface area (Å²) in [7, 11) is -16.6. The lowest BCUT2D eigenvalue weighted by molar-refractivity contribution is -0.137. The van der Waals surface area contributed by atoms with E-state index in [-0.39, 0.29) is 59.0 Å². The van der Waals surface area contributed by atoms with Crippen LogP contribution in [0.3, 0.4) is 0 Å². The number of rotatable bonds is 22. The van der Waals surface area contributed by atoms with Crippen LogP contribution in [-0.4, -0.2) is 128 Å². The number of hydrogen-bond acceptors (Lipinski definition) is 19. The Balaban J connectivity index is 0.858. The van der Waals surface area contributed by atoms with Crippen molar-refractivity contribution in [3.05, 3.63) is 102 Å². The van der Waals surface area contributed by atoms with Crippen molar-refractivity contribution >= 4 is 80.0 Å². The highest BCUT2D eigenvalue weighted by atomic mass is 32.2. The van der Waals surface area contributed by atoms with Gasteiger partial charge in [-0.05, 0) is 42.3 Å². The molecule has 3 aromatic heterocycles. The zero-order valence-corrected chi connectivity index (χ0v) is 43.1. The lowest BCUT2D eigenvalue weighted by Crippen LogP contribution is -2.46. The number of anilines is 1. The van der Waals surface area contributed by atoms with Crippen LogP contribution in [-0.2, 0) is 45.9 Å². The number of nitrogens with two attached hydrogens (primary N) is 1. The van der Waals surface area contributed by atoms with E-state index < -0.39 is 95.5 Å². The van der Waals surface area contributed by atoms with E-state index in [1.807, 2.05) is 0 Å². The second-order valence-electron chi connectivity index (χ2n) is 17.4. The average molecular weight is 1120 g/mol. The molecule has 4 heterocycles. The van der Waals surface area contributed by atoms with Crippen molar-refractivity contribution in [1.82, 2.24) is 35.1 Å². The average Bonchev–Trinajstić information content (AvgIpc) is 3.91. The molecular weight excluding hydrogens is 1080 g/mol. The molecule has 0 aliphatic carbocycles. The summed E-state index contributed by atoms with van der Waals surface area (Å²) in [6, 6.07) is 17.2. The highest BCUT2D eigenvalue weighted by molar-refractivity contribution is 8.14. The fourth-order valence-electron chi connectivity index (χ4n) is 7.72. The number of aliphatic hydroxyl groups is 2. The molecule has 1 fully saturated rings. The van der Waals surface area contributed by atoms with E-state index in [1.54, 1.807) is 49.4 Å². The fraction of sp³-hybridized carbons (Fsp3) is 0.341. The van der Waals surface area contributed by atoms with Crippen molar-refractivity contribution in [3.8, 4) is 22.4 Å². The molecule has 7 atom stereocenters. The van der Waals surface area contributed by atoms with Crippen LogP contribution in [0.2, 0.25) is 0 Å². The number of nitrogen functional groups attached to an aromatic ring is 1. The maximum absolute atomic E-state index is 14.5. The zero-order valence-electron chi connectivity index (χ0n) is 39.6. The number of aromatic nitrogens is 5. The van der Waals surface area contributed by atoms with Gasteiger partial charge in [-0.25, -0.2) is 42.4 Å². The van der Waals surface area contributed by atoms with Gasteiger partial charge in [0.05, 0.1) is 30.8 Å². The van der Waals surface area contributed by atoms with Gasteiger partial charge in [-0.2, -0.15) is 4.31 Å². The fourth-order valence-corrected chi connectivity index (χ4v) is 11.3. The summed E-state index contributed by atoms with van der Waals surface area (Å²) >= 11 is 0.871. The number of carbonyl (C=O) groups excluding carboxylic acids is 3. The molecule has 1 aliphatic heterocycles. The molecule has 7 rings (SSSR count). The second-order valence-corrected chi connectivity index (χ2v) is 22.7. The number of pyridine rings is 1. The van der Waals surface area contributed by atoms with Gasteiger partial charge >= 0.3 is 23.5 Å². The van der Waals surface area contributed by atoms with Crippen molar-refractivity contribution in [2.24, 2.45) is 5.41 Å². The Morgan fingerprint density at radius 2 is 1.63 bits per heavy atom. The Morgan fingerprint density at radius 1 is 0.933 bits per heavy atom. The van der Waals surface area contributed by atoms with Crippen molar-refractivity contribution in [2.75, 3.05) is 37.8 Å². The van der Waals surface area contributed by atoms with Gasteiger partial charge in [0.25, 0.3) is 0 Å². The molecule has 402 valence electrons. The molecule has 0 bridgehead atoms. The first-order chi connectivity index (χ1) is 35.2. The van der Waals surface area contributed by atoms with Gasteiger partial charge in [0, 0.05) is 52.8 Å². The Bertz CT molecular complexity index is 3260. The quantitative estimate of drug-likeness (QED) is 0.0335. The highest BCUT2D eigenvalue weighted by Crippen LogP contribution is 2.61. The van der Waals surface area contributed by atoms with E-state index in [1.165, 1.54) is 38.1 Å². The summed E-state index contributed by atoms with van der Waals surface area (Å²) in [5.74, 6) is -2.51. The minimum Gasteiger partial charge on any atom is -0.386 e. The van der Waals surface area contributed by atoms with Crippen LogP contribution in [0.4, 0.5) is 14.6 Å². The van der Waals surface area contributed by atoms with E-state index in [2.05, 4.69) is 34.4 Å². The molecule has 1 saturated heterocycles. The van der Waals surface area contributed by atoms with Crippen LogP contribution in [0.1, 0.15) is 42.4 Å². The topological polar surface area (TPSA) is 377 Å². The molecule has 31 heteroatoms. The van der Waals surface area contributed by atoms with Gasteiger partial charge in [0.2, 0.25) is 16.9 Å². The second kappa shape index (κ2) is 23.4. The normalized spacial score (nSPS) is 19.1. The van der Waals surface area contributed by atoms with Crippen molar-refractivity contribution in [2.45, 2.75) is 57.8 Å². The molecular formula is C44H49F2N8O17P3S. The zero-order chi connectivity index (χ0) is 54.6. The van der Waals surface area contributed by atoms with Gasteiger partial charge in [-0.15, -0.1) is 0 Å². The maximum Gasteiger partial charge on any atom is 0.481 e. The number of carbonyl (C=O) groups is 3. The summed E-state index contributed by atoms with van der Waals surface area (Å²) in [6.45, 7) is 1.75. The third-order valence-corrected chi connectivity index (χ3v) is 15.4. The van der Waals surface area contributed by atoms with Gasteiger partial charge in [-0.1, -0.05) is 68.1 Å². The van der Waals surface area contributed by atoms with E-state index in [9.17, 15) is 66.6 Å². The van der Waals surface area contributed by atoms with Gasteiger partial charge in [-0.3, -0.25) is 32.5 Å². The van der Waals surface area contributed by atoms with Crippen LogP contribution in [0.15, 0.2) is 79.4 Å². The number of phosphoric acid groups is 3. The summed E-state index contributed by atoms with van der Waals surface area (Å²) in [5.41, 5.74) is 7.38. The maximum atomic E-state index is 14.5. The number of imidazole rings is 1. The van der Waals surface area contributed by atoms with Crippen molar-refractivity contribution in [1.29, 1.82) is 0 Å². The first kappa shape index (κ1) is 57.2. The first-order valence-corrected chi connectivity index (χ1v) is 27.8. The van der Waals surface area contributed by atoms with Crippen molar-refractivity contribution < 1.29 is 89.3 Å². The molecule has 25 nitrogen and oxygen atoms in total. The number of ether oxygens (including phenoxy) is 1. The molecule has 75 heavy (non-hydrogen) atoms. The van der Waals surface area contributed by atoms with Crippen LogP contribution in [0.25, 0.3) is 44.5 Å². The van der Waals surface area contributed by atoms with Crippen LogP contribution >= 0.6 is 35.2 Å². The Kier molecular flexibility index (Phi) is 17.8. The number of benzene rings is 3. The van der Waals surface area contributed by atoms with E-state index in [0.717, 1.165) is 29.0 Å². The number of fused-ring (bicyclic) bond motifs is 2. The monoisotopic (exact) mass is 1120 g/mol. The molecule has 0 saturated carbocycles. The number of aliphatic hydroxyl groups excluding tert-OH is 2. The summed E-state index contributed by atoms with van der Waals surface area (Å²) in [5, 5.41) is 26.6. The van der Waals surface area contributed by atoms with Gasteiger partial charge < -0.3 is 50.9 Å². The van der Waals surface area contributed by atoms with Gasteiger partial charge in [0.1, 0.15) is 47.9 Å². The van der Waals surface area contributed by atoms with Gasteiger partial charge in [0.15, 0.2) is 17.7 Å². The summed E-state index contributed by atoms with van der Waals surface area (Å²) < 4.78 is 91.6. The summed E-state index contributed by atoms with van der Waals surface area (Å²) in [6.07, 6.45) is -7.25. The standard InChI is InChI=1S/C44H49F2N8O17P3S/c1-23-33(28-18-26(45)12-13-30(28)53-34(23)25-10-8-24(9-11-25)27-6-4-5-7-29(27)46)43(59)75-17-16-48-32(55)14-15-49-41(58)38(57)44(2,3)20-68-74(65,66)71-73(63,64)67-19-31-37(70-72(60,61)62)36(56)42(69-31)54-22-52-35-39(47)50-21-51-40(35)54/h4-13,18,21-22,31,36-38,42,56-57H,14-17,19-20H2,1-3H3,(H,48,55)(H,49,58)(H,63,64)(H,65,66)(H2,47,50,51)(H2,60,61,62). The predicted molar refractivity (Wildman–Crippen MR) is 264 cm³/mol. The number of phosphoric ester groups is 3. The van der Waals surface area contributed by atoms with Crippen LogP contribution in [0, 0.1) is 24.0 Å². The summed E-state index contributed by atoms with van der Waals surface area (Å²) in [4.78, 5) is 95.3. The van der Waals surface area contributed by atoms with Crippen molar-refractivity contribution in [3.63, 3.8) is 0 Å². The minimum atomic E-state index is -5.63. The SMILES string of the molecule is Cc1c(-c2ccc(-c3ccccc3F)cc2)nc2ccc(F)cc2c1C(=O)SCCNC(=O)CCNC(=O)C(O)C(C)(C)COP(=O)(O)OP(=O)(O)OCC1OC(n2cnc3c(N)ncnc32)C(O)C1OP(=O)(O)O. The van der Waals surface area contributed by atoms with Crippen LogP contribution < -0.4 is 16.4 Å². The molecule has 10 N–H and O–H groups in total. The highest BCUT2D eigenvalue weighted by Gasteiger charge is 2.50. The third-order valence-electron chi connectivity index (χ3n) is 11.5. The van der Waals surface area contributed by atoms with E-state index in [4.69, 9.17) is 24.5 Å². The smallest absolute Gasteiger partial charge is 0.386 e. The van der Waals surface area contributed by atoms with Crippen LogP contribution in [0.5, 0.6) is 0 Å².